The van der Waals surface area contributed by atoms with E-state index in [0.717, 1.165) is 25.8 Å². The highest BCUT2D eigenvalue weighted by Gasteiger charge is 2.27. The molecule has 106 valence electrons. The maximum absolute atomic E-state index is 11.9. The molecule has 0 aliphatic heterocycles. The molecule has 2 nitrogen and oxygen atoms in total. The van der Waals surface area contributed by atoms with Crippen LogP contribution in [0.5, 0.6) is 0 Å². The van der Waals surface area contributed by atoms with Gasteiger partial charge in [0.25, 0.3) is 0 Å². The molecule has 1 unspecified atom stereocenters. The van der Waals surface area contributed by atoms with Crippen molar-refractivity contribution in [3.8, 4) is 11.8 Å². The van der Waals surface area contributed by atoms with Crippen molar-refractivity contribution in [1.29, 1.82) is 0 Å². The summed E-state index contributed by atoms with van der Waals surface area (Å²) in [5.74, 6) is 5.77. The van der Waals surface area contributed by atoms with Crippen molar-refractivity contribution in [3.63, 3.8) is 0 Å². The molecular formula is C13H22F3NO. The third-order valence-electron chi connectivity index (χ3n) is 2.35. The highest BCUT2D eigenvalue weighted by molar-refractivity contribution is 4.95. The van der Waals surface area contributed by atoms with E-state index in [1.54, 1.807) is 6.92 Å². The second-order valence-electron chi connectivity index (χ2n) is 4.07. The Morgan fingerprint density at radius 1 is 1.28 bits per heavy atom. The number of alkyl halides is 3. The van der Waals surface area contributed by atoms with Gasteiger partial charge < -0.3 is 10.1 Å². The van der Waals surface area contributed by atoms with Crippen LogP contribution in [0.15, 0.2) is 0 Å². The summed E-state index contributed by atoms with van der Waals surface area (Å²) in [6, 6.07) is 0.180. The Morgan fingerprint density at radius 2 is 2.00 bits per heavy atom. The van der Waals surface area contributed by atoms with E-state index in [1.807, 2.05) is 0 Å². The second kappa shape index (κ2) is 10.2. The van der Waals surface area contributed by atoms with Gasteiger partial charge in [0, 0.05) is 19.1 Å². The SMILES string of the molecule is CC#CCCC(CCOCC(F)(F)F)NCCC. The lowest BCUT2D eigenvalue weighted by Crippen LogP contribution is -2.31. The molecule has 0 aliphatic carbocycles. The lowest BCUT2D eigenvalue weighted by atomic mass is 10.1. The van der Waals surface area contributed by atoms with E-state index in [9.17, 15) is 13.2 Å². The minimum atomic E-state index is -4.24. The number of nitrogens with one attached hydrogen (secondary N) is 1. The molecule has 0 fully saturated rings. The maximum Gasteiger partial charge on any atom is 0.411 e. The van der Waals surface area contributed by atoms with Crippen LogP contribution in [0.25, 0.3) is 0 Å². The molecule has 0 aliphatic rings. The van der Waals surface area contributed by atoms with Crippen LogP contribution in [0.4, 0.5) is 13.2 Å². The van der Waals surface area contributed by atoms with Crippen molar-refractivity contribution >= 4 is 0 Å². The third-order valence-corrected chi connectivity index (χ3v) is 2.35. The molecule has 18 heavy (non-hydrogen) atoms. The topological polar surface area (TPSA) is 21.3 Å². The van der Waals surface area contributed by atoms with E-state index in [1.165, 1.54) is 0 Å². The van der Waals surface area contributed by atoms with Gasteiger partial charge in [0.05, 0.1) is 0 Å². The molecule has 0 saturated heterocycles. The van der Waals surface area contributed by atoms with Crippen molar-refractivity contribution < 1.29 is 17.9 Å². The van der Waals surface area contributed by atoms with Gasteiger partial charge >= 0.3 is 6.18 Å². The fraction of sp³-hybridized carbons (Fsp3) is 0.846. The van der Waals surface area contributed by atoms with Gasteiger partial charge in [-0.25, -0.2) is 0 Å². The Bertz CT molecular complexity index is 255. The molecule has 0 spiro atoms. The Hall–Kier alpha value is -0.730. The average Bonchev–Trinajstić information content (AvgIpc) is 2.29. The molecule has 0 saturated carbocycles. The number of ether oxygens (including phenoxy) is 1. The fourth-order valence-corrected chi connectivity index (χ4v) is 1.48. The zero-order chi connectivity index (χ0) is 13.9. The van der Waals surface area contributed by atoms with Crippen LogP contribution >= 0.6 is 0 Å². The zero-order valence-electron chi connectivity index (χ0n) is 11.1. The quantitative estimate of drug-likeness (QED) is 0.511. The van der Waals surface area contributed by atoms with E-state index in [0.29, 0.717) is 6.42 Å². The number of rotatable bonds is 9. The van der Waals surface area contributed by atoms with Crippen LogP contribution in [0.2, 0.25) is 0 Å². The van der Waals surface area contributed by atoms with Crippen LogP contribution in [0, 0.1) is 11.8 Å². The fourth-order valence-electron chi connectivity index (χ4n) is 1.48. The molecule has 0 bridgehead atoms. The lowest BCUT2D eigenvalue weighted by Gasteiger charge is -2.17. The molecule has 0 radical (unpaired) electrons. The van der Waals surface area contributed by atoms with Crippen molar-refractivity contribution in [1.82, 2.24) is 5.32 Å². The van der Waals surface area contributed by atoms with Gasteiger partial charge in [0.15, 0.2) is 0 Å². The third kappa shape index (κ3) is 11.7. The van der Waals surface area contributed by atoms with E-state index in [2.05, 4.69) is 28.8 Å². The lowest BCUT2D eigenvalue weighted by molar-refractivity contribution is -0.174. The standard InChI is InChI=1S/C13H22F3NO/c1-3-5-6-7-12(17-9-4-2)8-10-18-11-13(14,15)16/h12,17H,4,6-11H2,1-2H3. The zero-order valence-corrected chi connectivity index (χ0v) is 11.1. The average molecular weight is 265 g/mol. The summed E-state index contributed by atoms with van der Waals surface area (Å²) in [4.78, 5) is 0. The molecule has 0 aromatic carbocycles. The predicted molar refractivity (Wildman–Crippen MR) is 66.3 cm³/mol. The van der Waals surface area contributed by atoms with Crippen molar-refractivity contribution in [3.05, 3.63) is 0 Å². The minimum absolute atomic E-state index is 0.125. The maximum atomic E-state index is 11.9. The van der Waals surface area contributed by atoms with Crippen LogP contribution in [-0.2, 0) is 4.74 Å². The molecule has 0 aromatic rings. The summed E-state index contributed by atoms with van der Waals surface area (Å²) in [6.45, 7) is 3.66. The van der Waals surface area contributed by atoms with Gasteiger partial charge in [-0.3, -0.25) is 0 Å². The monoisotopic (exact) mass is 265 g/mol. The predicted octanol–water partition coefficient (Wildman–Crippen LogP) is 3.13. The Morgan fingerprint density at radius 3 is 2.56 bits per heavy atom. The van der Waals surface area contributed by atoms with Crippen LogP contribution in [0.1, 0.15) is 39.5 Å². The molecule has 1 N–H and O–H groups in total. The van der Waals surface area contributed by atoms with E-state index in [4.69, 9.17) is 0 Å². The van der Waals surface area contributed by atoms with Crippen LogP contribution in [-0.4, -0.2) is 32.0 Å². The molecule has 0 aromatic heterocycles. The Kier molecular flexibility index (Phi) is 9.80. The second-order valence-corrected chi connectivity index (χ2v) is 4.07. The van der Waals surface area contributed by atoms with Crippen LogP contribution < -0.4 is 5.32 Å². The molecular weight excluding hydrogens is 243 g/mol. The number of halogens is 3. The highest BCUT2D eigenvalue weighted by atomic mass is 19.4. The van der Waals surface area contributed by atoms with Crippen molar-refractivity contribution in [2.24, 2.45) is 0 Å². The van der Waals surface area contributed by atoms with E-state index < -0.39 is 12.8 Å². The van der Waals surface area contributed by atoms with Crippen molar-refractivity contribution in [2.45, 2.75) is 51.7 Å². The molecule has 0 rings (SSSR count). The van der Waals surface area contributed by atoms with Gasteiger partial charge in [-0.2, -0.15) is 13.2 Å². The van der Waals surface area contributed by atoms with E-state index in [-0.39, 0.29) is 12.6 Å². The van der Waals surface area contributed by atoms with Gasteiger partial charge in [-0.15, -0.1) is 11.8 Å². The first-order valence-electron chi connectivity index (χ1n) is 6.27. The summed E-state index contributed by atoms with van der Waals surface area (Å²) in [5.41, 5.74) is 0. The first kappa shape index (κ1) is 17.3. The van der Waals surface area contributed by atoms with Gasteiger partial charge in [-0.1, -0.05) is 6.92 Å². The summed E-state index contributed by atoms with van der Waals surface area (Å²) < 4.78 is 40.2. The molecule has 0 amide bonds. The van der Waals surface area contributed by atoms with Gasteiger partial charge in [-0.05, 0) is 32.7 Å². The molecule has 0 heterocycles. The first-order valence-corrected chi connectivity index (χ1v) is 6.27. The highest BCUT2D eigenvalue weighted by Crippen LogP contribution is 2.14. The summed E-state index contributed by atoms with van der Waals surface area (Å²) in [7, 11) is 0. The smallest absolute Gasteiger partial charge is 0.372 e. The van der Waals surface area contributed by atoms with Gasteiger partial charge in [0.2, 0.25) is 0 Å². The minimum Gasteiger partial charge on any atom is -0.372 e. The largest absolute Gasteiger partial charge is 0.411 e. The summed E-state index contributed by atoms with van der Waals surface area (Å²) in [6.07, 6.45) is -1.05. The Balaban J connectivity index is 3.80. The normalized spacial score (nSPS) is 12.9. The number of hydrogen-bond acceptors (Lipinski definition) is 2. The van der Waals surface area contributed by atoms with Crippen molar-refractivity contribution in [2.75, 3.05) is 19.8 Å². The van der Waals surface area contributed by atoms with Gasteiger partial charge in [0.1, 0.15) is 6.61 Å². The first-order chi connectivity index (χ1) is 8.49. The Labute approximate surface area is 107 Å². The molecule has 5 heteroatoms. The number of hydrogen-bond donors (Lipinski definition) is 1. The molecule has 1 atom stereocenters. The van der Waals surface area contributed by atoms with E-state index >= 15 is 0 Å². The summed E-state index contributed by atoms with van der Waals surface area (Å²) >= 11 is 0. The summed E-state index contributed by atoms with van der Waals surface area (Å²) in [5, 5.41) is 3.30. The van der Waals surface area contributed by atoms with Crippen LogP contribution in [0.3, 0.4) is 0 Å².